The molecule has 16 heavy (non-hydrogen) atoms. The van der Waals surface area contributed by atoms with Crippen molar-refractivity contribution < 1.29 is 9.53 Å². The Labute approximate surface area is 98.3 Å². The second kappa shape index (κ2) is 6.21. The Morgan fingerprint density at radius 2 is 2.00 bits per heavy atom. The SMILES string of the molecule is CNC(CN1C(C)CCCC1C)C(=O)OC. The van der Waals surface area contributed by atoms with Gasteiger partial charge in [-0.25, -0.2) is 0 Å². The van der Waals surface area contributed by atoms with Gasteiger partial charge in [0.2, 0.25) is 0 Å². The highest BCUT2D eigenvalue weighted by atomic mass is 16.5. The van der Waals surface area contributed by atoms with Crippen LogP contribution in [-0.2, 0) is 9.53 Å². The molecule has 0 aromatic rings. The Morgan fingerprint density at radius 3 is 2.44 bits per heavy atom. The Hall–Kier alpha value is -0.610. The van der Waals surface area contributed by atoms with Gasteiger partial charge in [-0.05, 0) is 33.7 Å². The number of rotatable bonds is 4. The van der Waals surface area contributed by atoms with Crippen molar-refractivity contribution in [3.8, 4) is 0 Å². The van der Waals surface area contributed by atoms with Crippen molar-refractivity contribution in [2.24, 2.45) is 0 Å². The summed E-state index contributed by atoms with van der Waals surface area (Å²) in [5, 5.41) is 3.02. The minimum Gasteiger partial charge on any atom is -0.468 e. The molecule has 3 unspecified atom stereocenters. The fourth-order valence-corrected chi connectivity index (χ4v) is 2.47. The van der Waals surface area contributed by atoms with Crippen LogP contribution in [0.25, 0.3) is 0 Å². The summed E-state index contributed by atoms with van der Waals surface area (Å²) in [6.45, 7) is 5.21. The molecule has 0 aromatic carbocycles. The second-order valence-electron chi connectivity index (χ2n) is 4.69. The van der Waals surface area contributed by atoms with Gasteiger partial charge < -0.3 is 10.1 Å². The monoisotopic (exact) mass is 228 g/mol. The van der Waals surface area contributed by atoms with E-state index < -0.39 is 0 Å². The molecule has 1 saturated heterocycles. The van der Waals surface area contributed by atoms with E-state index in [2.05, 4.69) is 24.1 Å². The van der Waals surface area contributed by atoms with Gasteiger partial charge in [0.1, 0.15) is 6.04 Å². The van der Waals surface area contributed by atoms with Crippen LogP contribution in [0, 0.1) is 0 Å². The molecule has 3 atom stereocenters. The van der Waals surface area contributed by atoms with E-state index in [1.807, 2.05) is 0 Å². The Kier molecular flexibility index (Phi) is 5.22. The van der Waals surface area contributed by atoms with Crippen LogP contribution in [-0.4, -0.2) is 49.7 Å². The quantitative estimate of drug-likeness (QED) is 0.729. The van der Waals surface area contributed by atoms with Gasteiger partial charge in [-0.2, -0.15) is 0 Å². The molecular formula is C12H24N2O2. The second-order valence-corrected chi connectivity index (χ2v) is 4.69. The zero-order valence-corrected chi connectivity index (χ0v) is 10.8. The van der Waals surface area contributed by atoms with E-state index in [-0.39, 0.29) is 12.0 Å². The predicted octanol–water partition coefficient (Wildman–Crippen LogP) is 1.01. The molecule has 0 radical (unpaired) electrons. The van der Waals surface area contributed by atoms with Crippen molar-refractivity contribution in [3.63, 3.8) is 0 Å². The highest BCUT2D eigenvalue weighted by Crippen LogP contribution is 2.22. The lowest BCUT2D eigenvalue weighted by molar-refractivity contribution is -0.144. The van der Waals surface area contributed by atoms with Gasteiger partial charge in [0.15, 0.2) is 0 Å². The summed E-state index contributed by atoms with van der Waals surface area (Å²) in [5.41, 5.74) is 0. The maximum absolute atomic E-state index is 11.5. The van der Waals surface area contributed by atoms with Crippen LogP contribution in [0.3, 0.4) is 0 Å². The van der Waals surface area contributed by atoms with Crippen LogP contribution in [0.2, 0.25) is 0 Å². The molecule has 1 aliphatic rings. The molecule has 0 amide bonds. The number of hydrogen-bond donors (Lipinski definition) is 1. The lowest BCUT2D eigenvalue weighted by Crippen LogP contribution is -2.52. The number of carbonyl (C=O) groups is 1. The van der Waals surface area contributed by atoms with Gasteiger partial charge in [-0.15, -0.1) is 0 Å². The summed E-state index contributed by atoms with van der Waals surface area (Å²) >= 11 is 0. The average Bonchev–Trinajstić information content (AvgIpc) is 2.28. The highest BCUT2D eigenvalue weighted by molar-refractivity contribution is 5.75. The van der Waals surface area contributed by atoms with Gasteiger partial charge >= 0.3 is 5.97 Å². The summed E-state index contributed by atoms with van der Waals surface area (Å²) in [7, 11) is 3.25. The highest BCUT2D eigenvalue weighted by Gasteiger charge is 2.29. The van der Waals surface area contributed by atoms with Crippen LogP contribution in [0.15, 0.2) is 0 Å². The summed E-state index contributed by atoms with van der Waals surface area (Å²) in [6.07, 6.45) is 3.74. The largest absolute Gasteiger partial charge is 0.468 e. The van der Waals surface area contributed by atoms with E-state index in [0.717, 1.165) is 6.54 Å². The van der Waals surface area contributed by atoms with E-state index in [4.69, 9.17) is 4.74 Å². The third kappa shape index (κ3) is 3.19. The topological polar surface area (TPSA) is 41.6 Å². The number of esters is 1. The molecule has 0 aliphatic carbocycles. The van der Waals surface area contributed by atoms with Crippen LogP contribution >= 0.6 is 0 Å². The third-order valence-corrected chi connectivity index (χ3v) is 3.60. The average molecular weight is 228 g/mol. The van der Waals surface area contributed by atoms with E-state index in [1.165, 1.54) is 26.4 Å². The summed E-state index contributed by atoms with van der Waals surface area (Å²) in [4.78, 5) is 13.9. The molecule has 1 rings (SSSR count). The van der Waals surface area contributed by atoms with Gasteiger partial charge in [-0.1, -0.05) is 6.42 Å². The molecule has 94 valence electrons. The van der Waals surface area contributed by atoms with E-state index in [1.54, 1.807) is 7.05 Å². The van der Waals surface area contributed by atoms with Gasteiger partial charge in [-0.3, -0.25) is 9.69 Å². The summed E-state index contributed by atoms with van der Waals surface area (Å²) < 4.78 is 4.79. The van der Waals surface area contributed by atoms with Crippen LogP contribution in [0.5, 0.6) is 0 Å². The molecule has 1 N–H and O–H groups in total. The van der Waals surface area contributed by atoms with Gasteiger partial charge in [0.25, 0.3) is 0 Å². The maximum atomic E-state index is 11.5. The molecule has 0 bridgehead atoms. The first kappa shape index (κ1) is 13.5. The Bertz CT molecular complexity index is 223. The normalized spacial score (nSPS) is 28.8. The number of likely N-dealkylation sites (tertiary alicyclic amines) is 1. The molecule has 1 heterocycles. The number of nitrogens with zero attached hydrogens (tertiary/aromatic N) is 1. The van der Waals surface area contributed by atoms with Crippen LogP contribution in [0.4, 0.5) is 0 Å². The van der Waals surface area contributed by atoms with E-state index >= 15 is 0 Å². The molecule has 0 spiro atoms. The number of ether oxygens (including phenoxy) is 1. The van der Waals surface area contributed by atoms with Crippen LogP contribution < -0.4 is 5.32 Å². The first-order valence-corrected chi connectivity index (χ1v) is 6.11. The van der Waals surface area contributed by atoms with E-state index in [0.29, 0.717) is 12.1 Å². The Balaban J connectivity index is 2.58. The first-order valence-electron chi connectivity index (χ1n) is 6.11. The predicted molar refractivity (Wildman–Crippen MR) is 64.3 cm³/mol. The van der Waals surface area contributed by atoms with Crippen molar-refractivity contribution in [3.05, 3.63) is 0 Å². The molecule has 4 nitrogen and oxygen atoms in total. The number of piperidine rings is 1. The zero-order valence-electron chi connectivity index (χ0n) is 10.8. The van der Waals surface area contributed by atoms with E-state index in [9.17, 15) is 4.79 Å². The molecule has 1 fully saturated rings. The van der Waals surface area contributed by atoms with Gasteiger partial charge in [0.05, 0.1) is 7.11 Å². The Morgan fingerprint density at radius 1 is 1.44 bits per heavy atom. The number of carbonyl (C=O) groups excluding carboxylic acids is 1. The van der Waals surface area contributed by atoms with Crippen molar-refractivity contribution in [1.82, 2.24) is 10.2 Å². The number of likely N-dealkylation sites (N-methyl/N-ethyl adjacent to an activating group) is 1. The zero-order chi connectivity index (χ0) is 12.1. The summed E-state index contributed by atoms with van der Waals surface area (Å²) in [6, 6.07) is 0.904. The molecule has 1 aliphatic heterocycles. The minimum absolute atomic E-state index is 0.174. The van der Waals surface area contributed by atoms with Crippen molar-refractivity contribution in [1.29, 1.82) is 0 Å². The molecule has 0 aromatic heterocycles. The first-order chi connectivity index (χ1) is 7.60. The fraction of sp³-hybridized carbons (Fsp3) is 0.917. The number of methoxy groups -OCH3 is 1. The van der Waals surface area contributed by atoms with Crippen molar-refractivity contribution >= 4 is 5.97 Å². The molecule has 0 saturated carbocycles. The molecular weight excluding hydrogens is 204 g/mol. The third-order valence-electron chi connectivity index (χ3n) is 3.60. The van der Waals surface area contributed by atoms with Crippen LogP contribution in [0.1, 0.15) is 33.1 Å². The maximum Gasteiger partial charge on any atom is 0.324 e. The lowest BCUT2D eigenvalue weighted by atomic mass is 9.97. The standard InChI is InChI=1S/C12H24N2O2/c1-9-6-5-7-10(2)14(9)8-11(13-3)12(15)16-4/h9-11,13H,5-8H2,1-4H3. The summed E-state index contributed by atoms with van der Waals surface area (Å²) in [5.74, 6) is -0.174. The number of nitrogens with one attached hydrogen (secondary N) is 1. The lowest BCUT2D eigenvalue weighted by Gasteiger charge is -2.40. The van der Waals surface area contributed by atoms with Crippen molar-refractivity contribution in [2.75, 3.05) is 20.7 Å². The van der Waals surface area contributed by atoms with Crippen molar-refractivity contribution in [2.45, 2.75) is 51.2 Å². The smallest absolute Gasteiger partial charge is 0.324 e. The minimum atomic E-state index is -0.215. The fourth-order valence-electron chi connectivity index (χ4n) is 2.47. The number of hydrogen-bond acceptors (Lipinski definition) is 4. The molecule has 4 heteroatoms. The van der Waals surface area contributed by atoms with Gasteiger partial charge in [0, 0.05) is 18.6 Å².